The smallest absolute Gasteiger partial charge is 0.405 e. The van der Waals surface area contributed by atoms with E-state index in [1.165, 1.54) is 33.3 Å². The maximum atomic E-state index is 13.3. The van der Waals surface area contributed by atoms with Crippen LogP contribution >= 0.6 is 0 Å². The summed E-state index contributed by atoms with van der Waals surface area (Å²) in [5.41, 5.74) is 6.00. The van der Waals surface area contributed by atoms with Crippen molar-refractivity contribution in [2.75, 3.05) is 20.8 Å². The molecular weight excluding hydrogens is 520 g/mol. The predicted molar refractivity (Wildman–Crippen MR) is 147 cm³/mol. The summed E-state index contributed by atoms with van der Waals surface area (Å²) >= 11 is 0. The zero-order valence-corrected chi connectivity index (χ0v) is 23.8. The quantitative estimate of drug-likeness (QED) is 0.295. The number of Topliss-reactive ketones (excluding diaryl/α,β-unsaturated/α-hetero) is 1. The third-order valence-corrected chi connectivity index (χ3v) is 7.07. The number of allylic oxidation sites excluding steroid dienone is 4. The SMILES string of the molecule is CO[C@H]1/C=C\C=C(/C)C(=O)NC2=CC(=O)C(CO)=C(C[C@@H](C)C[C@H](OC)[C@H](O)[C@@H](C)/C=C(\C)[C@@H]1OC(N)=O)C2=O. The molecule has 0 aromatic carbocycles. The average Bonchev–Trinajstić information content (AvgIpc) is 2.90. The molecule has 1 aliphatic carbocycles. The van der Waals surface area contributed by atoms with Gasteiger partial charge in [-0.15, -0.1) is 0 Å². The molecule has 0 unspecified atom stereocenters. The lowest BCUT2D eigenvalue weighted by Crippen LogP contribution is -2.37. The van der Waals surface area contributed by atoms with Gasteiger partial charge in [0, 0.05) is 42.9 Å². The minimum absolute atomic E-state index is 0.0246. The van der Waals surface area contributed by atoms with Gasteiger partial charge in [-0.2, -0.15) is 0 Å². The van der Waals surface area contributed by atoms with Crippen molar-refractivity contribution in [1.82, 2.24) is 5.32 Å². The van der Waals surface area contributed by atoms with Gasteiger partial charge in [0.2, 0.25) is 5.78 Å². The zero-order valence-electron chi connectivity index (χ0n) is 23.8. The molecule has 0 aromatic heterocycles. The van der Waals surface area contributed by atoms with Crippen molar-refractivity contribution in [3.05, 3.63) is 58.4 Å². The lowest BCUT2D eigenvalue weighted by molar-refractivity contribution is -0.120. The second-order valence-electron chi connectivity index (χ2n) is 10.2. The molecule has 0 fully saturated rings. The molecule has 2 bridgehead atoms. The lowest BCUT2D eigenvalue weighted by Gasteiger charge is -2.30. The van der Waals surface area contributed by atoms with Crippen molar-refractivity contribution >= 4 is 23.6 Å². The standard InChI is InChI=1S/C29H40N2O9/c1-15-10-19-20(14-32)22(33)13-21(26(19)35)31-28(36)16(2)8-7-9-23(38-5)27(40-29(30)37)18(4)12-17(3)25(34)24(11-15)39-6/h7-9,12-13,15,17,23-25,27,32,34H,10-11,14H2,1-6H3,(H2,30,37)(H,31,36)/b9-7-,16-8+,18-12+/t15-,17+,23+,24+,25-,27+/m1/s1. The number of hydrogen-bond acceptors (Lipinski definition) is 9. The van der Waals surface area contributed by atoms with Crippen LogP contribution in [0.3, 0.4) is 0 Å². The summed E-state index contributed by atoms with van der Waals surface area (Å²) in [5.74, 6) is -2.44. The number of nitrogens with one attached hydrogen (secondary N) is 1. The Morgan fingerprint density at radius 3 is 2.40 bits per heavy atom. The van der Waals surface area contributed by atoms with Crippen LogP contribution in [0.2, 0.25) is 0 Å². The van der Waals surface area contributed by atoms with Crippen LogP contribution in [0.5, 0.6) is 0 Å². The maximum absolute atomic E-state index is 13.3. The van der Waals surface area contributed by atoms with E-state index in [2.05, 4.69) is 5.32 Å². The summed E-state index contributed by atoms with van der Waals surface area (Å²) in [4.78, 5) is 50.5. The van der Waals surface area contributed by atoms with E-state index in [-0.39, 0.29) is 34.8 Å². The van der Waals surface area contributed by atoms with Gasteiger partial charge in [-0.3, -0.25) is 14.4 Å². The number of fused-ring (bicyclic) bond motifs is 2. The van der Waals surface area contributed by atoms with Gasteiger partial charge in [-0.25, -0.2) is 4.79 Å². The predicted octanol–water partition coefficient (Wildman–Crippen LogP) is 1.80. The number of hydrogen-bond donors (Lipinski definition) is 4. The Kier molecular flexibility index (Phi) is 12.2. The van der Waals surface area contributed by atoms with Gasteiger partial charge >= 0.3 is 6.09 Å². The van der Waals surface area contributed by atoms with Gasteiger partial charge < -0.3 is 35.5 Å². The Labute approximate surface area is 234 Å². The van der Waals surface area contributed by atoms with Crippen LogP contribution in [-0.2, 0) is 28.6 Å². The molecule has 1 heterocycles. The Morgan fingerprint density at radius 1 is 1.15 bits per heavy atom. The van der Waals surface area contributed by atoms with E-state index in [9.17, 15) is 29.4 Å². The molecule has 2 rings (SSSR count). The normalized spacial score (nSPS) is 32.8. The summed E-state index contributed by atoms with van der Waals surface area (Å²) in [5, 5.41) is 23.5. The number of aliphatic hydroxyl groups excluding tert-OH is 2. The van der Waals surface area contributed by atoms with E-state index in [0.717, 1.165) is 6.08 Å². The number of methoxy groups -OCH3 is 2. The summed E-state index contributed by atoms with van der Waals surface area (Å²) in [6.45, 7) is 6.23. The summed E-state index contributed by atoms with van der Waals surface area (Å²) in [6.07, 6.45) is 3.40. The number of amides is 2. The molecule has 1 aliphatic heterocycles. The number of ether oxygens (including phenoxy) is 3. The van der Waals surface area contributed by atoms with Gasteiger partial charge in [-0.1, -0.05) is 38.2 Å². The molecule has 0 spiro atoms. The van der Waals surface area contributed by atoms with Crippen LogP contribution < -0.4 is 11.1 Å². The number of carbonyl (C=O) groups excluding carboxylic acids is 4. The van der Waals surface area contributed by atoms with Crippen LogP contribution in [-0.4, -0.2) is 79.0 Å². The molecule has 0 saturated carbocycles. The van der Waals surface area contributed by atoms with Crippen LogP contribution in [0.25, 0.3) is 0 Å². The van der Waals surface area contributed by atoms with Crippen LogP contribution in [0.1, 0.15) is 40.5 Å². The Hall–Kier alpha value is -3.38. The van der Waals surface area contributed by atoms with Crippen molar-refractivity contribution in [2.24, 2.45) is 17.6 Å². The summed E-state index contributed by atoms with van der Waals surface area (Å²) < 4.78 is 16.4. The zero-order chi connectivity index (χ0) is 30.1. The van der Waals surface area contributed by atoms with E-state index in [1.807, 2.05) is 6.92 Å². The topological polar surface area (TPSA) is 174 Å². The van der Waals surface area contributed by atoms with Crippen molar-refractivity contribution in [2.45, 2.75) is 65.0 Å². The molecule has 0 radical (unpaired) electrons. The third-order valence-electron chi connectivity index (χ3n) is 7.07. The highest BCUT2D eigenvalue weighted by atomic mass is 16.6. The minimum Gasteiger partial charge on any atom is -0.439 e. The fourth-order valence-corrected chi connectivity index (χ4v) is 4.82. The Morgan fingerprint density at radius 2 is 1.82 bits per heavy atom. The number of ketones is 2. The highest BCUT2D eigenvalue weighted by molar-refractivity contribution is 6.23. The lowest BCUT2D eigenvalue weighted by atomic mass is 9.83. The first-order valence-electron chi connectivity index (χ1n) is 13.0. The Balaban J connectivity index is 2.60. The van der Waals surface area contributed by atoms with Crippen molar-refractivity contribution < 1.29 is 43.6 Å². The van der Waals surface area contributed by atoms with E-state index in [4.69, 9.17) is 19.9 Å². The first-order valence-corrected chi connectivity index (χ1v) is 13.0. The van der Waals surface area contributed by atoms with Gasteiger partial charge in [0.1, 0.15) is 6.10 Å². The first-order chi connectivity index (χ1) is 18.8. The third kappa shape index (κ3) is 8.31. The fraction of sp³-hybridized carbons (Fsp3) is 0.517. The minimum atomic E-state index is -1.01. The first kappa shape index (κ1) is 32.8. The number of rotatable bonds is 4. The van der Waals surface area contributed by atoms with E-state index < -0.39 is 60.5 Å². The van der Waals surface area contributed by atoms with E-state index in [0.29, 0.717) is 12.0 Å². The van der Waals surface area contributed by atoms with E-state index in [1.54, 1.807) is 26.0 Å². The second kappa shape index (κ2) is 14.8. The second-order valence-corrected chi connectivity index (χ2v) is 10.2. The highest BCUT2D eigenvalue weighted by Gasteiger charge is 2.33. The van der Waals surface area contributed by atoms with E-state index >= 15 is 0 Å². The molecule has 0 aromatic rings. The average molecular weight is 561 g/mol. The highest BCUT2D eigenvalue weighted by Crippen LogP contribution is 2.29. The molecule has 5 N–H and O–H groups in total. The summed E-state index contributed by atoms with van der Waals surface area (Å²) in [7, 11) is 2.88. The van der Waals surface area contributed by atoms with Gasteiger partial charge in [0.25, 0.3) is 5.91 Å². The summed E-state index contributed by atoms with van der Waals surface area (Å²) in [6, 6.07) is 0. The number of primary amides is 1. The van der Waals surface area contributed by atoms with Crippen LogP contribution in [0.15, 0.2) is 58.4 Å². The van der Waals surface area contributed by atoms with Gasteiger partial charge in [0.15, 0.2) is 11.9 Å². The number of nitrogens with two attached hydrogens (primary N) is 1. The Bertz CT molecular complexity index is 1150. The molecule has 220 valence electrons. The van der Waals surface area contributed by atoms with Crippen molar-refractivity contribution in [3.8, 4) is 0 Å². The van der Waals surface area contributed by atoms with Gasteiger partial charge in [0.05, 0.1) is 24.5 Å². The van der Waals surface area contributed by atoms with Crippen molar-refractivity contribution in [1.29, 1.82) is 0 Å². The molecule has 0 saturated heterocycles. The van der Waals surface area contributed by atoms with Gasteiger partial charge in [-0.05, 0) is 38.2 Å². The maximum Gasteiger partial charge on any atom is 0.405 e. The largest absolute Gasteiger partial charge is 0.439 e. The molecule has 40 heavy (non-hydrogen) atoms. The molecule has 11 heteroatoms. The monoisotopic (exact) mass is 560 g/mol. The molecule has 2 aliphatic rings. The number of carbonyl (C=O) groups is 4. The van der Waals surface area contributed by atoms with Crippen LogP contribution in [0.4, 0.5) is 4.79 Å². The van der Waals surface area contributed by atoms with Crippen LogP contribution in [0, 0.1) is 11.8 Å². The molecular formula is C29H40N2O9. The number of aliphatic hydroxyl groups is 2. The fourth-order valence-electron chi connectivity index (χ4n) is 4.82. The van der Waals surface area contributed by atoms with Crippen molar-refractivity contribution in [3.63, 3.8) is 0 Å². The molecule has 11 nitrogen and oxygen atoms in total. The molecule has 6 atom stereocenters. The molecule has 2 amide bonds.